The second-order valence-electron chi connectivity index (χ2n) is 7.08. The predicted molar refractivity (Wildman–Crippen MR) is 159 cm³/mol. The molecule has 2 N–H and O–H groups in total. The Bertz CT molecular complexity index is 656. The van der Waals surface area contributed by atoms with E-state index in [1.807, 2.05) is 0 Å². The van der Waals surface area contributed by atoms with Crippen LogP contribution in [-0.2, 0) is 5.48 Å². The van der Waals surface area contributed by atoms with Crippen LogP contribution in [0, 0.1) is 38.5 Å². The van der Waals surface area contributed by atoms with Gasteiger partial charge in [-0.15, -0.1) is 0 Å². The minimum absolute atomic E-state index is 0. The van der Waals surface area contributed by atoms with Crippen molar-refractivity contribution >= 4 is 59.2 Å². The van der Waals surface area contributed by atoms with Gasteiger partial charge in [0.2, 0.25) is 0 Å². The number of rotatable bonds is 4. The molecule has 9 heteroatoms. The van der Waals surface area contributed by atoms with Crippen LogP contribution in [0.3, 0.4) is 0 Å². The van der Waals surface area contributed by atoms with Crippen LogP contribution in [0.4, 0.5) is 0 Å². The second kappa shape index (κ2) is 43.6. The second-order valence-corrected chi connectivity index (χ2v) is 7.08. The number of nitrogens with one attached hydrogen (secondary N) is 2. The molecule has 0 bridgehead atoms. The van der Waals surface area contributed by atoms with Crippen molar-refractivity contribution in [3.63, 3.8) is 0 Å². The molecular formula is C30H46N2O5Sn2-2. The fourth-order valence-electron chi connectivity index (χ4n) is 1.32. The van der Waals surface area contributed by atoms with Crippen molar-refractivity contribution in [2.75, 3.05) is 0 Å². The van der Waals surface area contributed by atoms with E-state index in [1.165, 1.54) is 50.0 Å². The first kappa shape index (κ1) is 53.7. The van der Waals surface area contributed by atoms with Gasteiger partial charge in [-0.3, -0.25) is 0 Å². The molecule has 0 atom stereocenters. The third kappa shape index (κ3) is 41.2. The first-order valence-electron chi connectivity index (χ1n) is 12.3. The largest absolute Gasteiger partial charge is 4.00 e. The molecule has 0 aromatic rings. The smallest absolute Gasteiger partial charge is 2.00 e. The summed E-state index contributed by atoms with van der Waals surface area (Å²) >= 11 is 0. The molecular weight excluding hydrogens is 706 g/mol. The van der Waals surface area contributed by atoms with E-state index >= 15 is 0 Å². The Morgan fingerprint density at radius 2 is 0.718 bits per heavy atom. The zero-order valence-corrected chi connectivity index (χ0v) is 29.9. The van der Waals surface area contributed by atoms with Crippen molar-refractivity contribution in [3.8, 4) is 0 Å². The Balaban J connectivity index is -0.0000000661. The summed E-state index contributed by atoms with van der Waals surface area (Å²) < 4.78 is 0. The summed E-state index contributed by atoms with van der Waals surface area (Å²) in [5.74, 6) is -2.60. The van der Waals surface area contributed by atoms with Crippen LogP contribution in [0.1, 0.15) is 79.1 Å². The van der Waals surface area contributed by atoms with Crippen LogP contribution in [0.25, 0.3) is 0 Å². The fourth-order valence-corrected chi connectivity index (χ4v) is 1.32. The van der Waals surface area contributed by atoms with E-state index in [0.29, 0.717) is 0 Å². The van der Waals surface area contributed by atoms with E-state index in [2.05, 4.69) is 55.4 Å². The third-order valence-corrected chi connectivity index (χ3v) is 3.71. The van der Waals surface area contributed by atoms with Crippen molar-refractivity contribution in [1.82, 2.24) is 0 Å². The molecule has 2 rings (SSSR count). The molecule has 0 saturated heterocycles. The molecule has 2 aliphatic carbocycles. The molecule has 0 heterocycles. The molecule has 0 radical (unpaired) electrons. The molecule has 0 unspecified atom stereocenters. The van der Waals surface area contributed by atoms with Crippen LogP contribution in [-0.4, -0.2) is 59.2 Å². The van der Waals surface area contributed by atoms with Crippen molar-refractivity contribution in [2.24, 2.45) is 0 Å². The molecule has 216 valence electrons. The van der Waals surface area contributed by atoms with Gasteiger partial charge < -0.3 is 64.4 Å². The molecule has 0 aromatic carbocycles. The van der Waals surface area contributed by atoms with E-state index in [9.17, 15) is 20.4 Å². The van der Waals surface area contributed by atoms with E-state index in [-0.39, 0.29) is 75.9 Å². The van der Waals surface area contributed by atoms with Gasteiger partial charge in [-0.1, -0.05) is 89.8 Å². The van der Waals surface area contributed by atoms with E-state index in [1.54, 1.807) is 24.3 Å². The van der Waals surface area contributed by atoms with Gasteiger partial charge in [0.1, 0.15) is 0 Å². The fraction of sp³-hybridized carbons (Fsp3) is 0.400. The van der Waals surface area contributed by atoms with E-state index in [4.69, 9.17) is 10.8 Å². The average molecular weight is 752 g/mol. The van der Waals surface area contributed by atoms with Gasteiger partial charge in [-0.2, -0.15) is 37.6 Å². The Morgan fingerprint density at radius 3 is 0.821 bits per heavy atom. The van der Waals surface area contributed by atoms with Gasteiger partial charge in [0.05, 0.1) is 11.4 Å². The van der Waals surface area contributed by atoms with Crippen LogP contribution in [0.15, 0.2) is 71.6 Å². The first-order valence-corrected chi connectivity index (χ1v) is 12.3. The van der Waals surface area contributed by atoms with Crippen LogP contribution in [0.5, 0.6) is 0 Å². The Labute approximate surface area is 272 Å². The van der Waals surface area contributed by atoms with Gasteiger partial charge in [0.25, 0.3) is 0 Å². The van der Waals surface area contributed by atoms with Gasteiger partial charge in [-0.25, -0.2) is 0 Å². The summed E-state index contributed by atoms with van der Waals surface area (Å²) in [5.41, 5.74) is -0.157. The minimum Gasteiger partial charge on any atom is -2.00 e. The summed E-state index contributed by atoms with van der Waals surface area (Å²) in [6.07, 6.45) is 20.9. The summed E-state index contributed by atoms with van der Waals surface area (Å²) in [4.78, 5) is 0. The monoisotopic (exact) mass is 754 g/mol. The Hall–Kier alpha value is -1.46. The topological polar surface area (TPSA) is 168 Å². The third-order valence-electron chi connectivity index (χ3n) is 3.71. The van der Waals surface area contributed by atoms with E-state index in [0.717, 1.165) is 25.7 Å². The number of hydrogen-bond donors (Lipinski definition) is 2. The predicted octanol–water partition coefficient (Wildman–Crippen LogP) is 3.73. The number of hydrogen-bond acceptors (Lipinski definition) is 6. The zero-order chi connectivity index (χ0) is 28.8. The SMILES string of the molecule is N=C1C=CC=CC1=C([O-])[O-].N=C1C=CC=CC1=C([O-])[O-].[CH2-]CCC.[CH2-]CCC.[CH2-]CCC.[CH2-]CCC.[O-2].[Sn+4].[Sn+4]. The molecule has 0 amide bonds. The van der Waals surface area contributed by atoms with Crippen molar-refractivity contribution in [1.29, 1.82) is 10.8 Å². The van der Waals surface area contributed by atoms with Gasteiger partial charge in [-0.05, 0) is 23.3 Å². The molecule has 7 nitrogen and oxygen atoms in total. The molecule has 0 spiro atoms. The first-order chi connectivity index (χ1) is 17.1. The summed E-state index contributed by atoms with van der Waals surface area (Å²) in [5, 5.41) is 54.9. The standard InChI is InChI=1S/2C7H7NO2.4C4H9.O.2Sn/c2*8-6-4-2-1-3-5(6)7(9)10;4*1-3-4-2;;;/h2*1-4,8-10H;4*1,3-4H2,2H3;;;/q;;4*-1;-2;2*+4/p-4. The minimum atomic E-state index is -1.30. The Morgan fingerprint density at radius 1 is 0.538 bits per heavy atom. The van der Waals surface area contributed by atoms with Crippen molar-refractivity contribution in [3.05, 3.63) is 99.3 Å². The van der Waals surface area contributed by atoms with E-state index < -0.39 is 11.9 Å². The zero-order valence-electron chi connectivity index (χ0n) is 24.1. The maximum atomic E-state index is 10.2. The maximum absolute atomic E-state index is 10.2. The van der Waals surface area contributed by atoms with Crippen LogP contribution in [0.2, 0.25) is 0 Å². The van der Waals surface area contributed by atoms with Gasteiger partial charge >= 0.3 is 47.8 Å². The van der Waals surface area contributed by atoms with Gasteiger partial charge in [0, 0.05) is 0 Å². The molecule has 0 aliphatic heterocycles. The maximum Gasteiger partial charge on any atom is 4.00 e. The normalized spacial score (nSPS) is 11.3. The Kier molecular flexibility index (Phi) is 60.1. The molecule has 2 aliphatic rings. The number of unbranched alkanes of at least 4 members (excludes halogenated alkanes) is 4. The van der Waals surface area contributed by atoms with Crippen molar-refractivity contribution in [2.45, 2.75) is 79.1 Å². The summed E-state index contributed by atoms with van der Waals surface area (Å²) in [6.45, 7) is 22.9. The quantitative estimate of drug-likeness (QED) is 0.254. The molecule has 0 saturated carbocycles. The van der Waals surface area contributed by atoms with Gasteiger partial charge in [0.15, 0.2) is 0 Å². The summed E-state index contributed by atoms with van der Waals surface area (Å²) in [6, 6.07) is 0. The molecule has 0 fully saturated rings. The molecule has 39 heavy (non-hydrogen) atoms. The van der Waals surface area contributed by atoms with Crippen molar-refractivity contribution < 1.29 is 25.9 Å². The van der Waals surface area contributed by atoms with Crippen LogP contribution >= 0.6 is 0 Å². The average Bonchev–Trinajstić information content (AvgIpc) is 2.89. The number of allylic oxidation sites excluding steroid dienone is 10. The molecule has 0 aromatic heterocycles. The summed E-state index contributed by atoms with van der Waals surface area (Å²) in [7, 11) is 0. The van der Waals surface area contributed by atoms with Crippen LogP contribution < -0.4 is 20.4 Å².